The fourth-order valence-electron chi connectivity index (χ4n) is 2.32. The third-order valence-electron chi connectivity index (χ3n) is 3.85. The van der Waals surface area contributed by atoms with Crippen LogP contribution in [0.25, 0.3) is 0 Å². The first-order valence-corrected chi connectivity index (χ1v) is 6.57. The van der Waals surface area contributed by atoms with Gasteiger partial charge in [0.2, 0.25) is 0 Å². The Balaban J connectivity index is 2.07. The summed E-state index contributed by atoms with van der Waals surface area (Å²) in [4.78, 5) is 15.0. The van der Waals surface area contributed by atoms with E-state index in [0.29, 0.717) is 11.2 Å². The SMILES string of the molecule is CCC1(CNc2cc(C(=O)O)cc(Cl)n2)CCC1. The van der Waals surface area contributed by atoms with Crippen LogP contribution in [0.2, 0.25) is 5.15 Å². The van der Waals surface area contributed by atoms with Crippen molar-refractivity contribution in [1.82, 2.24) is 4.98 Å². The smallest absolute Gasteiger partial charge is 0.335 e. The largest absolute Gasteiger partial charge is 0.478 e. The van der Waals surface area contributed by atoms with E-state index in [1.165, 1.54) is 31.4 Å². The van der Waals surface area contributed by atoms with Crippen molar-refractivity contribution in [3.8, 4) is 0 Å². The number of pyridine rings is 1. The number of carbonyl (C=O) groups is 1. The zero-order valence-electron chi connectivity index (χ0n) is 10.4. The maximum atomic E-state index is 10.9. The molecule has 4 nitrogen and oxygen atoms in total. The number of hydrogen-bond acceptors (Lipinski definition) is 3. The van der Waals surface area contributed by atoms with E-state index < -0.39 is 5.97 Å². The molecule has 0 aliphatic heterocycles. The van der Waals surface area contributed by atoms with Gasteiger partial charge in [0, 0.05) is 6.54 Å². The fraction of sp³-hybridized carbons (Fsp3) is 0.538. The van der Waals surface area contributed by atoms with E-state index in [2.05, 4.69) is 17.2 Å². The van der Waals surface area contributed by atoms with Gasteiger partial charge in [-0.1, -0.05) is 24.9 Å². The van der Waals surface area contributed by atoms with Gasteiger partial charge in [-0.2, -0.15) is 0 Å². The van der Waals surface area contributed by atoms with Crippen molar-refractivity contribution < 1.29 is 9.90 Å². The molecule has 1 aliphatic carbocycles. The first-order chi connectivity index (χ1) is 8.54. The first kappa shape index (κ1) is 13.1. The summed E-state index contributed by atoms with van der Waals surface area (Å²) in [6.45, 7) is 3.02. The molecule has 0 saturated heterocycles. The van der Waals surface area contributed by atoms with Crippen molar-refractivity contribution in [3.63, 3.8) is 0 Å². The Morgan fingerprint density at radius 1 is 1.56 bits per heavy atom. The van der Waals surface area contributed by atoms with Gasteiger partial charge in [0.05, 0.1) is 5.56 Å². The molecule has 98 valence electrons. The summed E-state index contributed by atoms with van der Waals surface area (Å²) in [7, 11) is 0. The lowest BCUT2D eigenvalue weighted by Crippen LogP contribution is -2.36. The van der Waals surface area contributed by atoms with E-state index in [1.54, 1.807) is 0 Å². The van der Waals surface area contributed by atoms with Gasteiger partial charge in [0.15, 0.2) is 0 Å². The Bertz CT molecular complexity index is 453. The Kier molecular flexibility index (Phi) is 3.76. The lowest BCUT2D eigenvalue weighted by molar-refractivity contribution is 0.0697. The molecule has 18 heavy (non-hydrogen) atoms. The Hall–Kier alpha value is -1.29. The summed E-state index contributed by atoms with van der Waals surface area (Å²) in [6, 6.07) is 2.88. The maximum Gasteiger partial charge on any atom is 0.335 e. The molecule has 1 fully saturated rings. The van der Waals surface area contributed by atoms with E-state index in [-0.39, 0.29) is 10.7 Å². The number of nitrogens with one attached hydrogen (secondary N) is 1. The summed E-state index contributed by atoms with van der Waals surface area (Å²) < 4.78 is 0. The second-order valence-corrected chi connectivity index (χ2v) is 5.32. The van der Waals surface area contributed by atoms with Gasteiger partial charge in [-0.3, -0.25) is 0 Å². The number of aromatic nitrogens is 1. The fourth-order valence-corrected chi connectivity index (χ4v) is 2.53. The van der Waals surface area contributed by atoms with Crippen LogP contribution >= 0.6 is 11.6 Å². The van der Waals surface area contributed by atoms with E-state index in [9.17, 15) is 4.79 Å². The van der Waals surface area contributed by atoms with Gasteiger partial charge in [0.1, 0.15) is 11.0 Å². The molecule has 1 heterocycles. The molecule has 0 atom stereocenters. The standard InChI is InChI=1S/C13H17ClN2O2/c1-2-13(4-3-5-13)8-15-11-7-9(12(17)18)6-10(14)16-11/h6-7H,2-5,8H2,1H3,(H,15,16)(H,17,18). The normalized spacial score (nSPS) is 17.0. The molecule has 0 spiro atoms. The summed E-state index contributed by atoms with van der Waals surface area (Å²) >= 11 is 5.81. The number of hydrogen-bond donors (Lipinski definition) is 2. The molecule has 0 bridgehead atoms. The van der Waals surface area contributed by atoms with Crippen LogP contribution in [0.3, 0.4) is 0 Å². The van der Waals surface area contributed by atoms with E-state index in [0.717, 1.165) is 13.0 Å². The van der Waals surface area contributed by atoms with Crippen LogP contribution < -0.4 is 5.32 Å². The highest BCUT2D eigenvalue weighted by molar-refractivity contribution is 6.29. The summed E-state index contributed by atoms with van der Waals surface area (Å²) in [5.41, 5.74) is 0.518. The monoisotopic (exact) mass is 268 g/mol. The summed E-state index contributed by atoms with van der Waals surface area (Å²) in [6.07, 6.45) is 4.86. The minimum absolute atomic E-state index is 0.164. The van der Waals surface area contributed by atoms with Crippen molar-refractivity contribution in [1.29, 1.82) is 0 Å². The molecule has 1 aromatic rings. The maximum absolute atomic E-state index is 10.9. The van der Waals surface area contributed by atoms with Crippen LogP contribution in [0.4, 0.5) is 5.82 Å². The third kappa shape index (κ3) is 2.75. The zero-order valence-corrected chi connectivity index (χ0v) is 11.1. The number of rotatable bonds is 5. The molecule has 0 amide bonds. The quantitative estimate of drug-likeness (QED) is 0.803. The molecule has 2 N–H and O–H groups in total. The second kappa shape index (κ2) is 5.14. The number of nitrogens with zero attached hydrogens (tertiary/aromatic N) is 1. The predicted molar refractivity (Wildman–Crippen MR) is 71.3 cm³/mol. The van der Waals surface area contributed by atoms with Crippen molar-refractivity contribution in [2.24, 2.45) is 5.41 Å². The molecule has 1 aromatic heterocycles. The molecule has 0 aromatic carbocycles. The van der Waals surface area contributed by atoms with Crippen LogP contribution in [0, 0.1) is 5.41 Å². The van der Waals surface area contributed by atoms with Crippen LogP contribution in [-0.2, 0) is 0 Å². The van der Waals surface area contributed by atoms with Gasteiger partial charge in [-0.05, 0) is 36.8 Å². The number of anilines is 1. The highest BCUT2D eigenvalue weighted by atomic mass is 35.5. The minimum Gasteiger partial charge on any atom is -0.478 e. The topological polar surface area (TPSA) is 62.2 Å². The third-order valence-corrected chi connectivity index (χ3v) is 4.04. The zero-order chi connectivity index (χ0) is 13.2. The molecule has 2 rings (SSSR count). The number of carboxylic acids is 1. The number of halogens is 1. The van der Waals surface area contributed by atoms with E-state index in [4.69, 9.17) is 16.7 Å². The van der Waals surface area contributed by atoms with Crippen molar-refractivity contribution >= 4 is 23.4 Å². The van der Waals surface area contributed by atoms with Crippen LogP contribution in [0.1, 0.15) is 43.0 Å². The van der Waals surface area contributed by atoms with Gasteiger partial charge < -0.3 is 10.4 Å². The molecule has 0 unspecified atom stereocenters. The highest BCUT2D eigenvalue weighted by Gasteiger charge is 2.34. The van der Waals surface area contributed by atoms with Crippen molar-refractivity contribution in [2.45, 2.75) is 32.6 Å². The van der Waals surface area contributed by atoms with Gasteiger partial charge in [0.25, 0.3) is 0 Å². The van der Waals surface area contributed by atoms with Gasteiger partial charge >= 0.3 is 5.97 Å². The minimum atomic E-state index is -0.990. The summed E-state index contributed by atoms with van der Waals surface area (Å²) in [5.74, 6) is -0.448. The number of carboxylic acid groups (broad SMARTS) is 1. The predicted octanol–water partition coefficient (Wildman–Crippen LogP) is 3.43. The molecular weight excluding hydrogens is 252 g/mol. The average molecular weight is 269 g/mol. The van der Waals surface area contributed by atoms with Crippen molar-refractivity contribution in [2.75, 3.05) is 11.9 Å². The molecule has 1 saturated carbocycles. The average Bonchev–Trinajstić information content (AvgIpc) is 2.27. The van der Waals surface area contributed by atoms with Crippen LogP contribution in [-0.4, -0.2) is 22.6 Å². The highest BCUT2D eigenvalue weighted by Crippen LogP contribution is 2.43. The Morgan fingerprint density at radius 2 is 2.28 bits per heavy atom. The second-order valence-electron chi connectivity index (χ2n) is 4.93. The van der Waals surface area contributed by atoms with E-state index in [1.807, 2.05) is 0 Å². The lowest BCUT2D eigenvalue weighted by Gasteiger charge is -2.41. The van der Waals surface area contributed by atoms with Gasteiger partial charge in [-0.15, -0.1) is 0 Å². The van der Waals surface area contributed by atoms with Crippen molar-refractivity contribution in [3.05, 3.63) is 22.8 Å². The van der Waals surface area contributed by atoms with Gasteiger partial charge in [-0.25, -0.2) is 9.78 Å². The Labute approximate surface area is 111 Å². The van der Waals surface area contributed by atoms with Crippen LogP contribution in [0.5, 0.6) is 0 Å². The first-order valence-electron chi connectivity index (χ1n) is 6.19. The molecule has 0 radical (unpaired) electrons. The molecule has 1 aliphatic rings. The summed E-state index contributed by atoms with van der Waals surface area (Å²) in [5, 5.41) is 12.4. The number of aromatic carboxylic acids is 1. The van der Waals surface area contributed by atoms with E-state index >= 15 is 0 Å². The molecular formula is C13H17ClN2O2. The molecule has 5 heteroatoms. The Morgan fingerprint density at radius 3 is 2.78 bits per heavy atom. The lowest BCUT2D eigenvalue weighted by atomic mass is 9.67. The van der Waals surface area contributed by atoms with Crippen LogP contribution in [0.15, 0.2) is 12.1 Å².